The van der Waals surface area contributed by atoms with Gasteiger partial charge in [-0.15, -0.1) is 0 Å². The second-order valence-electron chi connectivity index (χ2n) is 7.35. The van der Waals surface area contributed by atoms with E-state index >= 15 is 0 Å². The number of carbonyl (C=O) groups excluding carboxylic acids is 1. The smallest absolute Gasteiger partial charge is 0.243 e. The summed E-state index contributed by atoms with van der Waals surface area (Å²) in [6.45, 7) is 8.46. The summed E-state index contributed by atoms with van der Waals surface area (Å²) in [5, 5.41) is 0. The van der Waals surface area contributed by atoms with Gasteiger partial charge in [-0.1, -0.05) is 0 Å². The topological polar surface area (TPSA) is 71.9 Å². The number of Topliss-reactive ketones (excluding diaryl/α,β-unsaturated/α-hetero) is 1. The van der Waals surface area contributed by atoms with Gasteiger partial charge in [0.25, 0.3) is 0 Å². The maximum atomic E-state index is 12.9. The highest BCUT2D eigenvalue weighted by Crippen LogP contribution is 2.21. The van der Waals surface area contributed by atoms with Crippen molar-refractivity contribution in [3.63, 3.8) is 0 Å². The van der Waals surface area contributed by atoms with E-state index in [1.165, 1.54) is 4.31 Å². The molecule has 8 heteroatoms. The molecule has 1 aliphatic rings. The van der Waals surface area contributed by atoms with Crippen molar-refractivity contribution in [2.45, 2.75) is 25.7 Å². The molecule has 0 unspecified atom stereocenters. The second kappa shape index (κ2) is 8.69. The molecule has 158 valence electrons. The molecule has 1 aromatic heterocycles. The van der Waals surface area contributed by atoms with Crippen LogP contribution < -0.4 is 4.74 Å². The standard InChI is InChI=1S/C21H29N3O4S/c1-5-28-18-6-8-19(9-7-18)29(26,27)24-12-10-23(11-13-24)15-21(25)20-14-16(2)22(4)17(20)3/h6-9,14H,5,10-13,15H2,1-4H3. The molecule has 0 bridgehead atoms. The van der Waals surface area contributed by atoms with Gasteiger partial charge >= 0.3 is 0 Å². The predicted molar refractivity (Wildman–Crippen MR) is 112 cm³/mol. The van der Waals surface area contributed by atoms with Crippen molar-refractivity contribution >= 4 is 15.8 Å². The van der Waals surface area contributed by atoms with Gasteiger partial charge in [-0.3, -0.25) is 9.69 Å². The molecule has 1 fully saturated rings. The molecule has 1 saturated heterocycles. The summed E-state index contributed by atoms with van der Waals surface area (Å²) in [5.41, 5.74) is 2.76. The van der Waals surface area contributed by atoms with Crippen molar-refractivity contribution in [1.29, 1.82) is 0 Å². The second-order valence-corrected chi connectivity index (χ2v) is 9.29. The summed E-state index contributed by atoms with van der Waals surface area (Å²) in [7, 11) is -1.59. The van der Waals surface area contributed by atoms with E-state index in [-0.39, 0.29) is 10.7 Å². The Morgan fingerprint density at radius 1 is 1.07 bits per heavy atom. The largest absolute Gasteiger partial charge is 0.494 e. The highest BCUT2D eigenvalue weighted by atomic mass is 32.2. The van der Waals surface area contributed by atoms with E-state index in [4.69, 9.17) is 4.74 Å². The zero-order valence-electron chi connectivity index (χ0n) is 17.5. The minimum atomic E-state index is -3.54. The Bertz CT molecular complexity index is 972. The van der Waals surface area contributed by atoms with E-state index in [0.29, 0.717) is 45.1 Å². The van der Waals surface area contributed by atoms with Crippen LogP contribution in [-0.4, -0.2) is 67.3 Å². The number of aryl methyl sites for hydroxylation is 1. The fourth-order valence-corrected chi connectivity index (χ4v) is 5.00. The summed E-state index contributed by atoms with van der Waals surface area (Å²) in [4.78, 5) is 15.0. The molecule has 0 spiro atoms. The van der Waals surface area contributed by atoms with Crippen LogP contribution in [0.25, 0.3) is 0 Å². The maximum absolute atomic E-state index is 12.9. The van der Waals surface area contributed by atoms with Crippen LogP contribution in [0.4, 0.5) is 0 Å². The Morgan fingerprint density at radius 2 is 1.69 bits per heavy atom. The third kappa shape index (κ3) is 4.55. The number of hydrogen-bond acceptors (Lipinski definition) is 5. The molecule has 2 heterocycles. The average Bonchev–Trinajstić information content (AvgIpc) is 2.96. The van der Waals surface area contributed by atoms with Gasteiger partial charge < -0.3 is 9.30 Å². The number of benzene rings is 1. The lowest BCUT2D eigenvalue weighted by Gasteiger charge is -2.33. The number of ketones is 1. The van der Waals surface area contributed by atoms with Gasteiger partial charge in [0.15, 0.2) is 5.78 Å². The molecular formula is C21H29N3O4S. The first-order valence-corrected chi connectivity index (χ1v) is 11.3. The van der Waals surface area contributed by atoms with Crippen LogP contribution >= 0.6 is 0 Å². The van der Waals surface area contributed by atoms with Crippen molar-refractivity contribution in [2.24, 2.45) is 7.05 Å². The van der Waals surface area contributed by atoms with Crippen molar-refractivity contribution in [1.82, 2.24) is 13.8 Å². The Labute approximate surface area is 172 Å². The van der Waals surface area contributed by atoms with Crippen molar-refractivity contribution in [3.05, 3.63) is 47.3 Å². The van der Waals surface area contributed by atoms with Crippen molar-refractivity contribution in [3.8, 4) is 5.75 Å². The molecule has 2 aromatic rings. The van der Waals surface area contributed by atoms with Gasteiger partial charge in [0.05, 0.1) is 18.0 Å². The summed E-state index contributed by atoms with van der Waals surface area (Å²) in [6.07, 6.45) is 0. The fraction of sp³-hybridized carbons (Fsp3) is 0.476. The Morgan fingerprint density at radius 3 is 2.21 bits per heavy atom. The quantitative estimate of drug-likeness (QED) is 0.644. The zero-order valence-corrected chi connectivity index (χ0v) is 18.3. The van der Waals surface area contributed by atoms with E-state index in [2.05, 4.69) is 0 Å². The van der Waals surface area contributed by atoms with Gasteiger partial charge in [-0.25, -0.2) is 8.42 Å². The van der Waals surface area contributed by atoms with E-state index in [9.17, 15) is 13.2 Å². The number of rotatable bonds is 7. The van der Waals surface area contributed by atoms with Crippen LogP contribution in [0, 0.1) is 13.8 Å². The average molecular weight is 420 g/mol. The van der Waals surface area contributed by atoms with E-state index in [1.807, 2.05) is 43.4 Å². The predicted octanol–water partition coefficient (Wildman–Crippen LogP) is 2.23. The van der Waals surface area contributed by atoms with Crippen molar-refractivity contribution in [2.75, 3.05) is 39.3 Å². The van der Waals surface area contributed by atoms with E-state index in [1.54, 1.807) is 24.3 Å². The highest BCUT2D eigenvalue weighted by molar-refractivity contribution is 7.89. The summed E-state index contributed by atoms with van der Waals surface area (Å²) >= 11 is 0. The van der Waals surface area contributed by atoms with Crippen LogP contribution in [0.15, 0.2) is 35.2 Å². The number of carbonyl (C=O) groups is 1. The first kappa shape index (κ1) is 21.5. The van der Waals surface area contributed by atoms with Gasteiger partial charge in [0.2, 0.25) is 10.0 Å². The summed E-state index contributed by atoms with van der Waals surface area (Å²) < 4.78 is 34.6. The molecule has 3 rings (SSSR count). The lowest BCUT2D eigenvalue weighted by Crippen LogP contribution is -2.49. The van der Waals surface area contributed by atoms with E-state index in [0.717, 1.165) is 17.0 Å². The Kier molecular flexibility index (Phi) is 6.45. The number of ether oxygens (including phenoxy) is 1. The maximum Gasteiger partial charge on any atom is 0.243 e. The first-order chi connectivity index (χ1) is 13.7. The van der Waals surface area contributed by atoms with Crippen LogP contribution in [0.3, 0.4) is 0 Å². The molecule has 0 amide bonds. The molecule has 0 saturated carbocycles. The summed E-state index contributed by atoms with van der Waals surface area (Å²) in [6, 6.07) is 8.43. The third-order valence-electron chi connectivity index (χ3n) is 5.55. The highest BCUT2D eigenvalue weighted by Gasteiger charge is 2.29. The molecule has 1 aromatic carbocycles. The van der Waals surface area contributed by atoms with Gasteiger partial charge in [-0.05, 0) is 51.1 Å². The number of piperazine rings is 1. The number of hydrogen-bond donors (Lipinski definition) is 0. The lowest BCUT2D eigenvalue weighted by molar-refractivity contribution is 0.0901. The van der Waals surface area contributed by atoms with Gasteiger partial charge in [0, 0.05) is 50.2 Å². The Hall–Kier alpha value is -2.16. The molecule has 0 N–H and O–H groups in total. The van der Waals surface area contributed by atoms with E-state index < -0.39 is 10.0 Å². The number of sulfonamides is 1. The molecule has 0 radical (unpaired) electrons. The molecule has 0 aliphatic carbocycles. The van der Waals surface area contributed by atoms with Gasteiger partial charge in [0.1, 0.15) is 5.75 Å². The SMILES string of the molecule is CCOc1ccc(S(=O)(=O)N2CCN(CC(=O)c3cc(C)n(C)c3C)CC2)cc1. The molecule has 7 nitrogen and oxygen atoms in total. The fourth-order valence-electron chi connectivity index (χ4n) is 3.58. The van der Waals surface area contributed by atoms with Crippen LogP contribution in [0.5, 0.6) is 5.75 Å². The lowest BCUT2D eigenvalue weighted by atomic mass is 10.1. The third-order valence-corrected chi connectivity index (χ3v) is 7.46. The molecule has 1 aliphatic heterocycles. The normalized spacial score (nSPS) is 16.1. The first-order valence-electron chi connectivity index (χ1n) is 9.85. The van der Waals surface area contributed by atoms with Crippen LogP contribution in [0.1, 0.15) is 28.7 Å². The van der Waals surface area contributed by atoms with Crippen LogP contribution in [0.2, 0.25) is 0 Å². The monoisotopic (exact) mass is 419 g/mol. The zero-order chi connectivity index (χ0) is 21.2. The summed E-state index contributed by atoms with van der Waals surface area (Å²) in [5.74, 6) is 0.732. The minimum Gasteiger partial charge on any atom is -0.494 e. The number of nitrogens with zero attached hydrogens (tertiary/aromatic N) is 3. The molecule has 0 atom stereocenters. The minimum absolute atomic E-state index is 0.0778. The molecular weight excluding hydrogens is 390 g/mol. The Balaban J connectivity index is 1.60. The molecule has 29 heavy (non-hydrogen) atoms. The van der Waals surface area contributed by atoms with Crippen LogP contribution in [-0.2, 0) is 17.1 Å². The van der Waals surface area contributed by atoms with Crippen molar-refractivity contribution < 1.29 is 17.9 Å². The number of aromatic nitrogens is 1. The van der Waals surface area contributed by atoms with Gasteiger partial charge in [-0.2, -0.15) is 4.31 Å².